The number of nitro groups is 1. The molecule has 6 nitrogen and oxygen atoms in total. The molecule has 0 fully saturated rings. The van der Waals surface area contributed by atoms with Crippen molar-refractivity contribution in [1.29, 1.82) is 0 Å². The number of nitrogens with two attached hydrogens (primary N) is 1. The summed E-state index contributed by atoms with van der Waals surface area (Å²) in [7, 11) is 0. The number of hydrogen-bond acceptors (Lipinski definition) is 4. The molecule has 2 N–H and O–H groups in total. The van der Waals surface area contributed by atoms with Crippen molar-refractivity contribution in [3.63, 3.8) is 0 Å². The lowest BCUT2D eigenvalue weighted by Gasteiger charge is -2.16. The summed E-state index contributed by atoms with van der Waals surface area (Å²) in [6.07, 6.45) is 0. The SMILES string of the molecule is NN(C(=O)c1ccc([N+](=O)[O-])cc1)c1ccccc1. The van der Waals surface area contributed by atoms with E-state index in [2.05, 4.69) is 0 Å². The van der Waals surface area contributed by atoms with Crippen LogP contribution in [0.1, 0.15) is 10.4 Å². The van der Waals surface area contributed by atoms with E-state index in [9.17, 15) is 14.9 Å². The molecule has 0 aliphatic carbocycles. The molecule has 19 heavy (non-hydrogen) atoms. The van der Waals surface area contributed by atoms with Gasteiger partial charge in [-0.3, -0.25) is 14.9 Å². The summed E-state index contributed by atoms with van der Waals surface area (Å²) in [6.45, 7) is 0. The maximum atomic E-state index is 12.1. The number of nitrogens with zero attached hydrogens (tertiary/aromatic N) is 2. The average Bonchev–Trinajstić information content (AvgIpc) is 2.46. The maximum Gasteiger partial charge on any atom is 0.272 e. The van der Waals surface area contributed by atoms with E-state index in [1.54, 1.807) is 24.3 Å². The number of carbonyl (C=O) groups excluding carboxylic acids is 1. The molecule has 0 bridgehead atoms. The third-order valence-corrected chi connectivity index (χ3v) is 2.58. The van der Waals surface area contributed by atoms with Gasteiger partial charge in [-0.1, -0.05) is 18.2 Å². The lowest BCUT2D eigenvalue weighted by Crippen LogP contribution is -2.37. The van der Waals surface area contributed by atoms with Crippen molar-refractivity contribution in [3.05, 3.63) is 70.3 Å². The van der Waals surface area contributed by atoms with E-state index >= 15 is 0 Å². The fourth-order valence-electron chi connectivity index (χ4n) is 1.57. The fraction of sp³-hybridized carbons (Fsp3) is 0. The summed E-state index contributed by atoms with van der Waals surface area (Å²) in [5.74, 6) is 5.29. The first kappa shape index (κ1) is 12.7. The number of para-hydroxylation sites is 1. The number of non-ortho nitro benzene ring substituents is 1. The smallest absolute Gasteiger partial charge is 0.267 e. The molecule has 0 saturated carbocycles. The summed E-state index contributed by atoms with van der Waals surface area (Å²) in [5.41, 5.74) is 0.766. The van der Waals surface area contributed by atoms with Gasteiger partial charge in [0.2, 0.25) is 0 Å². The Labute approximate surface area is 109 Å². The van der Waals surface area contributed by atoms with Crippen molar-refractivity contribution in [2.75, 3.05) is 5.01 Å². The Morgan fingerprint density at radius 3 is 2.16 bits per heavy atom. The van der Waals surface area contributed by atoms with Crippen molar-refractivity contribution >= 4 is 17.3 Å². The zero-order chi connectivity index (χ0) is 13.8. The molecule has 0 heterocycles. The highest BCUT2D eigenvalue weighted by Gasteiger charge is 2.15. The van der Waals surface area contributed by atoms with Crippen molar-refractivity contribution in [1.82, 2.24) is 0 Å². The molecular formula is C13H11N3O3. The first-order valence-corrected chi connectivity index (χ1v) is 5.48. The Kier molecular flexibility index (Phi) is 3.53. The van der Waals surface area contributed by atoms with Crippen LogP contribution in [0.15, 0.2) is 54.6 Å². The van der Waals surface area contributed by atoms with Gasteiger partial charge in [0.25, 0.3) is 11.6 Å². The second kappa shape index (κ2) is 5.28. The Morgan fingerprint density at radius 2 is 1.63 bits per heavy atom. The van der Waals surface area contributed by atoms with E-state index in [1.165, 1.54) is 24.3 Å². The maximum absolute atomic E-state index is 12.1. The van der Waals surface area contributed by atoms with Crippen LogP contribution >= 0.6 is 0 Å². The van der Waals surface area contributed by atoms with Gasteiger partial charge in [-0.15, -0.1) is 0 Å². The zero-order valence-corrected chi connectivity index (χ0v) is 9.89. The van der Waals surface area contributed by atoms with Crippen LogP contribution in [0.25, 0.3) is 0 Å². The first-order valence-electron chi connectivity index (χ1n) is 5.48. The highest BCUT2D eigenvalue weighted by Crippen LogP contribution is 2.16. The van der Waals surface area contributed by atoms with E-state index in [0.29, 0.717) is 5.69 Å². The van der Waals surface area contributed by atoms with E-state index in [0.717, 1.165) is 5.01 Å². The van der Waals surface area contributed by atoms with Gasteiger partial charge in [-0.05, 0) is 24.3 Å². The van der Waals surface area contributed by atoms with Crippen LogP contribution in [0.5, 0.6) is 0 Å². The molecule has 2 aromatic rings. The van der Waals surface area contributed by atoms with Crippen molar-refractivity contribution in [2.24, 2.45) is 5.84 Å². The quantitative estimate of drug-likeness (QED) is 0.394. The van der Waals surface area contributed by atoms with Crippen LogP contribution in [0, 0.1) is 10.1 Å². The number of carbonyl (C=O) groups is 1. The molecule has 0 unspecified atom stereocenters. The molecule has 0 saturated heterocycles. The van der Waals surface area contributed by atoms with Gasteiger partial charge in [0, 0.05) is 17.7 Å². The van der Waals surface area contributed by atoms with E-state index < -0.39 is 10.8 Å². The molecule has 0 spiro atoms. The molecule has 0 atom stereocenters. The third kappa shape index (κ3) is 2.75. The number of rotatable bonds is 3. The minimum atomic E-state index is -0.522. The number of anilines is 1. The van der Waals surface area contributed by atoms with E-state index in [-0.39, 0.29) is 11.3 Å². The standard InChI is InChI=1S/C13H11N3O3/c14-15(11-4-2-1-3-5-11)13(17)10-6-8-12(9-7-10)16(18)19/h1-9H,14H2. The van der Waals surface area contributed by atoms with Crippen LogP contribution in [-0.4, -0.2) is 10.8 Å². The second-order valence-electron chi connectivity index (χ2n) is 3.81. The summed E-state index contributed by atoms with van der Waals surface area (Å²) < 4.78 is 0. The van der Waals surface area contributed by atoms with Gasteiger partial charge in [0.15, 0.2) is 0 Å². The number of amides is 1. The number of nitro benzene ring substituents is 1. The number of hydrazine groups is 1. The largest absolute Gasteiger partial charge is 0.272 e. The first-order chi connectivity index (χ1) is 9.09. The predicted molar refractivity (Wildman–Crippen MR) is 70.5 cm³/mol. The van der Waals surface area contributed by atoms with Crippen molar-refractivity contribution in [2.45, 2.75) is 0 Å². The monoisotopic (exact) mass is 257 g/mol. The molecule has 0 aliphatic rings. The fourth-order valence-corrected chi connectivity index (χ4v) is 1.57. The molecule has 96 valence electrons. The summed E-state index contributed by atoms with van der Waals surface area (Å²) in [6, 6.07) is 14.0. The lowest BCUT2D eigenvalue weighted by atomic mass is 10.2. The van der Waals surface area contributed by atoms with Crippen LogP contribution in [0.2, 0.25) is 0 Å². The molecular weight excluding hydrogens is 246 g/mol. The summed E-state index contributed by atoms with van der Waals surface area (Å²) in [5, 5.41) is 11.5. The van der Waals surface area contributed by atoms with E-state index in [4.69, 9.17) is 5.84 Å². The molecule has 6 heteroatoms. The summed E-state index contributed by atoms with van der Waals surface area (Å²) in [4.78, 5) is 22.1. The highest BCUT2D eigenvalue weighted by atomic mass is 16.6. The minimum absolute atomic E-state index is 0.0696. The van der Waals surface area contributed by atoms with Gasteiger partial charge in [0.05, 0.1) is 10.6 Å². The Balaban J connectivity index is 2.22. The van der Waals surface area contributed by atoms with Crippen LogP contribution < -0.4 is 10.9 Å². The molecule has 1 amide bonds. The third-order valence-electron chi connectivity index (χ3n) is 2.58. The molecule has 0 aliphatic heterocycles. The van der Waals surface area contributed by atoms with Gasteiger partial charge >= 0.3 is 0 Å². The Hall–Kier alpha value is -2.73. The second-order valence-corrected chi connectivity index (χ2v) is 3.81. The van der Waals surface area contributed by atoms with E-state index in [1.807, 2.05) is 6.07 Å². The molecule has 0 radical (unpaired) electrons. The van der Waals surface area contributed by atoms with Gasteiger partial charge < -0.3 is 0 Å². The Morgan fingerprint density at radius 1 is 1.05 bits per heavy atom. The Bertz CT molecular complexity index is 596. The van der Waals surface area contributed by atoms with Gasteiger partial charge in [0.1, 0.15) is 0 Å². The summed E-state index contributed by atoms with van der Waals surface area (Å²) >= 11 is 0. The van der Waals surface area contributed by atoms with Crippen LogP contribution in [0.3, 0.4) is 0 Å². The van der Waals surface area contributed by atoms with Crippen molar-refractivity contribution < 1.29 is 9.72 Å². The number of benzene rings is 2. The van der Waals surface area contributed by atoms with Crippen LogP contribution in [-0.2, 0) is 0 Å². The predicted octanol–water partition coefficient (Wildman–Crippen LogP) is 2.12. The van der Waals surface area contributed by atoms with Gasteiger partial charge in [-0.2, -0.15) is 0 Å². The zero-order valence-electron chi connectivity index (χ0n) is 9.89. The number of hydrogen-bond donors (Lipinski definition) is 1. The topological polar surface area (TPSA) is 89.5 Å². The molecule has 0 aromatic heterocycles. The van der Waals surface area contributed by atoms with Crippen LogP contribution in [0.4, 0.5) is 11.4 Å². The average molecular weight is 257 g/mol. The minimum Gasteiger partial charge on any atom is -0.267 e. The van der Waals surface area contributed by atoms with Gasteiger partial charge in [-0.25, -0.2) is 10.9 Å². The molecule has 2 aromatic carbocycles. The molecule has 2 rings (SSSR count). The lowest BCUT2D eigenvalue weighted by molar-refractivity contribution is -0.384. The highest BCUT2D eigenvalue weighted by molar-refractivity contribution is 6.05. The normalized spacial score (nSPS) is 9.95. The van der Waals surface area contributed by atoms with Crippen molar-refractivity contribution in [3.8, 4) is 0 Å².